The summed E-state index contributed by atoms with van der Waals surface area (Å²) in [5, 5.41) is 0. The molecular formula is C16H15ClN2O2. The third-order valence-electron chi connectivity index (χ3n) is 3.45. The van der Waals surface area contributed by atoms with Crippen LogP contribution in [0.15, 0.2) is 48.5 Å². The fraction of sp³-hybridized carbons (Fsp3) is 0.125. The topological polar surface area (TPSA) is 63.4 Å². The minimum absolute atomic E-state index is 0. The molecule has 3 rings (SSSR count). The summed E-state index contributed by atoms with van der Waals surface area (Å²) < 4.78 is 0. The molecule has 1 aliphatic rings. The van der Waals surface area contributed by atoms with Crippen molar-refractivity contribution in [2.45, 2.75) is 13.1 Å². The highest BCUT2D eigenvalue weighted by Gasteiger charge is 2.34. The highest BCUT2D eigenvalue weighted by atomic mass is 35.5. The van der Waals surface area contributed by atoms with Crippen molar-refractivity contribution in [2.24, 2.45) is 5.73 Å². The molecule has 0 spiro atoms. The van der Waals surface area contributed by atoms with E-state index < -0.39 is 0 Å². The summed E-state index contributed by atoms with van der Waals surface area (Å²) in [5.74, 6) is -0.465. The first-order valence-electron chi connectivity index (χ1n) is 6.44. The van der Waals surface area contributed by atoms with Crippen molar-refractivity contribution in [3.63, 3.8) is 0 Å². The Hall–Kier alpha value is -2.17. The van der Waals surface area contributed by atoms with Crippen LogP contribution in [0.2, 0.25) is 0 Å². The van der Waals surface area contributed by atoms with Crippen LogP contribution < -0.4 is 5.73 Å². The predicted octanol–water partition coefficient (Wildman–Crippen LogP) is 2.36. The van der Waals surface area contributed by atoms with Crippen molar-refractivity contribution >= 4 is 24.2 Å². The molecule has 2 N–H and O–H groups in total. The Balaban J connectivity index is 0.00000161. The fourth-order valence-electron chi connectivity index (χ4n) is 2.42. The average molecular weight is 303 g/mol. The van der Waals surface area contributed by atoms with Crippen molar-refractivity contribution in [3.8, 4) is 0 Å². The van der Waals surface area contributed by atoms with Crippen LogP contribution in [0.4, 0.5) is 0 Å². The number of benzene rings is 2. The molecule has 108 valence electrons. The molecule has 5 heteroatoms. The lowest BCUT2D eigenvalue weighted by molar-refractivity contribution is 0.0642. The number of hydrogen-bond donors (Lipinski definition) is 1. The highest BCUT2D eigenvalue weighted by molar-refractivity contribution is 6.21. The van der Waals surface area contributed by atoms with E-state index in [-0.39, 0.29) is 30.8 Å². The molecule has 0 fully saturated rings. The molecule has 0 saturated carbocycles. The van der Waals surface area contributed by atoms with Crippen molar-refractivity contribution in [1.29, 1.82) is 0 Å². The summed E-state index contributed by atoms with van der Waals surface area (Å²) in [7, 11) is 0. The van der Waals surface area contributed by atoms with Crippen LogP contribution in [0.25, 0.3) is 0 Å². The van der Waals surface area contributed by atoms with Crippen LogP contribution in [0.3, 0.4) is 0 Å². The van der Waals surface area contributed by atoms with Gasteiger partial charge in [0.05, 0.1) is 17.7 Å². The lowest BCUT2D eigenvalue weighted by atomic mass is 10.1. The maximum absolute atomic E-state index is 12.2. The number of carbonyl (C=O) groups excluding carboxylic acids is 2. The molecule has 21 heavy (non-hydrogen) atoms. The molecule has 0 aliphatic carbocycles. The lowest BCUT2D eigenvalue weighted by Crippen LogP contribution is -2.29. The summed E-state index contributed by atoms with van der Waals surface area (Å²) in [5.41, 5.74) is 8.45. The van der Waals surface area contributed by atoms with Gasteiger partial charge in [0.1, 0.15) is 0 Å². The highest BCUT2D eigenvalue weighted by Crippen LogP contribution is 2.24. The molecule has 4 nitrogen and oxygen atoms in total. The molecule has 1 heterocycles. The van der Waals surface area contributed by atoms with Crippen molar-refractivity contribution < 1.29 is 9.59 Å². The Morgan fingerprint density at radius 1 is 0.857 bits per heavy atom. The number of hydrogen-bond acceptors (Lipinski definition) is 3. The number of amides is 2. The van der Waals surface area contributed by atoms with Gasteiger partial charge in [-0.3, -0.25) is 14.5 Å². The molecule has 2 aromatic rings. The van der Waals surface area contributed by atoms with E-state index in [1.165, 1.54) is 4.90 Å². The van der Waals surface area contributed by atoms with Crippen LogP contribution in [0, 0.1) is 0 Å². The number of nitrogens with two attached hydrogens (primary N) is 1. The molecule has 0 aromatic heterocycles. The summed E-state index contributed by atoms with van der Waals surface area (Å²) in [6, 6.07) is 14.5. The van der Waals surface area contributed by atoms with Gasteiger partial charge in [-0.15, -0.1) is 12.4 Å². The molecule has 0 bridgehead atoms. The molecule has 2 amide bonds. The van der Waals surface area contributed by atoms with E-state index in [1.54, 1.807) is 24.3 Å². The molecule has 2 aromatic carbocycles. The van der Waals surface area contributed by atoms with E-state index in [1.807, 2.05) is 24.3 Å². The molecule has 0 atom stereocenters. The Bertz CT molecular complexity index is 665. The van der Waals surface area contributed by atoms with Crippen LogP contribution in [-0.4, -0.2) is 16.7 Å². The van der Waals surface area contributed by atoms with Gasteiger partial charge in [-0.25, -0.2) is 0 Å². The Kier molecular flexibility index (Phi) is 4.40. The molecular weight excluding hydrogens is 288 g/mol. The van der Waals surface area contributed by atoms with Gasteiger partial charge < -0.3 is 5.73 Å². The smallest absolute Gasteiger partial charge is 0.261 e. The van der Waals surface area contributed by atoms with E-state index in [9.17, 15) is 9.59 Å². The van der Waals surface area contributed by atoms with Gasteiger partial charge in [0.15, 0.2) is 0 Å². The third kappa shape index (κ3) is 2.68. The van der Waals surface area contributed by atoms with Crippen LogP contribution in [0.5, 0.6) is 0 Å². The number of rotatable bonds is 3. The summed E-state index contributed by atoms with van der Waals surface area (Å²) in [6.45, 7) is 0.718. The van der Waals surface area contributed by atoms with Gasteiger partial charge >= 0.3 is 0 Å². The molecule has 0 saturated heterocycles. The summed E-state index contributed by atoms with van der Waals surface area (Å²) in [4.78, 5) is 25.8. The molecule has 1 aliphatic heterocycles. The van der Waals surface area contributed by atoms with Gasteiger partial charge in [-0.05, 0) is 23.3 Å². The van der Waals surface area contributed by atoms with E-state index >= 15 is 0 Å². The number of nitrogens with zero attached hydrogens (tertiary/aromatic N) is 1. The number of halogens is 1. The zero-order valence-corrected chi connectivity index (χ0v) is 12.1. The summed E-state index contributed by atoms with van der Waals surface area (Å²) in [6.07, 6.45) is 0. The van der Waals surface area contributed by atoms with Gasteiger partial charge in [0.2, 0.25) is 0 Å². The number of imide groups is 1. The van der Waals surface area contributed by atoms with E-state index in [4.69, 9.17) is 5.73 Å². The quantitative estimate of drug-likeness (QED) is 0.885. The maximum Gasteiger partial charge on any atom is 0.261 e. The largest absolute Gasteiger partial charge is 0.326 e. The fourth-order valence-corrected chi connectivity index (χ4v) is 2.42. The first-order valence-corrected chi connectivity index (χ1v) is 6.44. The minimum atomic E-state index is -0.233. The van der Waals surface area contributed by atoms with E-state index in [2.05, 4.69) is 0 Å². The van der Waals surface area contributed by atoms with Crippen molar-refractivity contribution in [2.75, 3.05) is 0 Å². The third-order valence-corrected chi connectivity index (χ3v) is 3.45. The summed E-state index contributed by atoms with van der Waals surface area (Å²) >= 11 is 0. The number of carbonyl (C=O) groups is 2. The van der Waals surface area contributed by atoms with Gasteiger partial charge in [-0.1, -0.05) is 36.4 Å². The first kappa shape index (κ1) is 15.2. The van der Waals surface area contributed by atoms with Gasteiger partial charge in [0, 0.05) is 6.54 Å². The maximum atomic E-state index is 12.2. The Morgan fingerprint density at radius 2 is 1.43 bits per heavy atom. The van der Waals surface area contributed by atoms with Gasteiger partial charge in [0.25, 0.3) is 11.8 Å². The second-order valence-corrected chi connectivity index (χ2v) is 4.77. The number of fused-ring (bicyclic) bond motifs is 1. The van der Waals surface area contributed by atoms with E-state index in [0.29, 0.717) is 17.7 Å². The Labute approximate surface area is 129 Å². The van der Waals surface area contributed by atoms with Crippen LogP contribution in [0.1, 0.15) is 31.8 Å². The second kappa shape index (κ2) is 6.08. The normalized spacial score (nSPS) is 13.1. The first-order chi connectivity index (χ1) is 9.70. The predicted molar refractivity (Wildman–Crippen MR) is 82.2 cm³/mol. The minimum Gasteiger partial charge on any atom is -0.326 e. The van der Waals surface area contributed by atoms with E-state index in [0.717, 1.165) is 11.1 Å². The zero-order chi connectivity index (χ0) is 14.1. The monoisotopic (exact) mass is 302 g/mol. The zero-order valence-electron chi connectivity index (χ0n) is 11.3. The standard InChI is InChI=1S/C16H14N2O2.ClH/c17-9-11-4-3-5-12(8-11)10-18-15(19)13-6-1-2-7-14(13)16(18)20;/h1-8H,9-10,17H2;1H. The van der Waals surface area contributed by atoms with Crippen molar-refractivity contribution in [1.82, 2.24) is 4.90 Å². The van der Waals surface area contributed by atoms with Crippen LogP contribution >= 0.6 is 12.4 Å². The lowest BCUT2D eigenvalue weighted by Gasteiger charge is -2.14. The SMILES string of the molecule is Cl.NCc1cccc(CN2C(=O)c3ccccc3C2=O)c1. The van der Waals surface area contributed by atoms with Gasteiger partial charge in [-0.2, -0.15) is 0 Å². The molecule has 0 unspecified atom stereocenters. The Morgan fingerprint density at radius 3 is 2.00 bits per heavy atom. The average Bonchev–Trinajstić information content (AvgIpc) is 2.73. The molecule has 0 radical (unpaired) electrons. The van der Waals surface area contributed by atoms with Crippen molar-refractivity contribution in [3.05, 3.63) is 70.8 Å². The van der Waals surface area contributed by atoms with Crippen LogP contribution in [-0.2, 0) is 13.1 Å². The second-order valence-electron chi connectivity index (χ2n) is 4.77.